The molecule has 0 spiro atoms. The standard InChI is InChI=1S/C22H26FN3O3/c1-2-29-22(28)15-8-10-25(11-9-15)21(27)19-14-26-13-17(6-7-20(26)24-19)16-4-3-5-18(23)12-16/h3-5,12,14-15,17H,2,6-11,13H2,1H3/t17-/m1/s1. The maximum absolute atomic E-state index is 13.6. The highest BCUT2D eigenvalue weighted by Gasteiger charge is 2.30. The van der Waals surface area contributed by atoms with Crippen LogP contribution in [0.25, 0.3) is 0 Å². The fourth-order valence-electron chi connectivity index (χ4n) is 4.32. The number of amides is 1. The summed E-state index contributed by atoms with van der Waals surface area (Å²) in [5, 5.41) is 0. The molecule has 1 aromatic carbocycles. The Kier molecular flexibility index (Phi) is 5.65. The maximum Gasteiger partial charge on any atom is 0.309 e. The molecule has 4 rings (SSSR count). The SMILES string of the molecule is CCOC(=O)C1CCN(C(=O)c2cn3c(n2)CC[C@@H](c2cccc(F)c2)C3)CC1. The largest absolute Gasteiger partial charge is 0.466 e. The molecule has 6 nitrogen and oxygen atoms in total. The van der Waals surface area contributed by atoms with Gasteiger partial charge in [-0.2, -0.15) is 0 Å². The first-order valence-electron chi connectivity index (χ1n) is 10.3. The summed E-state index contributed by atoms with van der Waals surface area (Å²) in [6.45, 7) is 3.96. The molecule has 1 atom stereocenters. The van der Waals surface area contributed by atoms with Crippen molar-refractivity contribution in [1.82, 2.24) is 14.5 Å². The lowest BCUT2D eigenvalue weighted by molar-refractivity contribution is -0.149. The van der Waals surface area contributed by atoms with Gasteiger partial charge in [0.2, 0.25) is 0 Å². The van der Waals surface area contributed by atoms with Crippen molar-refractivity contribution in [3.8, 4) is 0 Å². The molecule has 1 aromatic heterocycles. The van der Waals surface area contributed by atoms with Crippen molar-refractivity contribution in [3.63, 3.8) is 0 Å². The second-order valence-corrected chi connectivity index (χ2v) is 7.80. The number of esters is 1. The van der Waals surface area contributed by atoms with E-state index in [4.69, 9.17) is 4.74 Å². The highest BCUT2D eigenvalue weighted by atomic mass is 19.1. The van der Waals surface area contributed by atoms with Gasteiger partial charge in [-0.05, 0) is 43.9 Å². The van der Waals surface area contributed by atoms with Gasteiger partial charge in [-0.25, -0.2) is 9.37 Å². The van der Waals surface area contributed by atoms with Crippen LogP contribution >= 0.6 is 0 Å². The zero-order valence-corrected chi connectivity index (χ0v) is 16.6. The van der Waals surface area contributed by atoms with Gasteiger partial charge in [0.15, 0.2) is 0 Å². The second-order valence-electron chi connectivity index (χ2n) is 7.80. The number of imidazole rings is 1. The molecule has 0 radical (unpaired) electrons. The summed E-state index contributed by atoms with van der Waals surface area (Å²) < 4.78 is 20.7. The number of hydrogen-bond acceptors (Lipinski definition) is 4. The summed E-state index contributed by atoms with van der Waals surface area (Å²) in [7, 11) is 0. The Morgan fingerprint density at radius 1 is 1.24 bits per heavy atom. The van der Waals surface area contributed by atoms with Crippen molar-refractivity contribution in [1.29, 1.82) is 0 Å². The molecule has 2 aliphatic rings. The van der Waals surface area contributed by atoms with Crippen molar-refractivity contribution in [2.75, 3.05) is 19.7 Å². The van der Waals surface area contributed by atoms with E-state index in [1.165, 1.54) is 6.07 Å². The van der Waals surface area contributed by atoms with E-state index >= 15 is 0 Å². The van der Waals surface area contributed by atoms with Crippen LogP contribution in [0.4, 0.5) is 4.39 Å². The van der Waals surface area contributed by atoms with E-state index in [1.54, 1.807) is 24.0 Å². The van der Waals surface area contributed by atoms with Crippen LogP contribution in [0, 0.1) is 11.7 Å². The summed E-state index contributed by atoms with van der Waals surface area (Å²) in [6, 6.07) is 6.74. The maximum atomic E-state index is 13.6. The fourth-order valence-corrected chi connectivity index (χ4v) is 4.32. The van der Waals surface area contributed by atoms with Gasteiger partial charge in [-0.3, -0.25) is 9.59 Å². The Morgan fingerprint density at radius 2 is 2.03 bits per heavy atom. The molecular formula is C22H26FN3O3. The normalized spacial score (nSPS) is 19.7. The minimum absolute atomic E-state index is 0.0866. The van der Waals surface area contributed by atoms with Gasteiger partial charge in [-0.15, -0.1) is 0 Å². The molecule has 1 saturated heterocycles. The molecule has 0 N–H and O–H groups in total. The van der Waals surface area contributed by atoms with E-state index in [2.05, 4.69) is 4.98 Å². The van der Waals surface area contributed by atoms with Crippen LogP contribution in [0.5, 0.6) is 0 Å². The third-order valence-corrected chi connectivity index (χ3v) is 5.93. The molecule has 1 fully saturated rings. The van der Waals surface area contributed by atoms with Gasteiger partial charge in [-0.1, -0.05) is 12.1 Å². The number of aromatic nitrogens is 2. The zero-order chi connectivity index (χ0) is 20.4. The van der Waals surface area contributed by atoms with Crippen molar-refractivity contribution in [3.05, 3.63) is 53.4 Å². The highest BCUT2D eigenvalue weighted by molar-refractivity contribution is 5.92. The smallest absolute Gasteiger partial charge is 0.309 e. The van der Waals surface area contributed by atoms with Crippen molar-refractivity contribution in [2.24, 2.45) is 5.92 Å². The molecule has 3 heterocycles. The van der Waals surface area contributed by atoms with Gasteiger partial charge < -0.3 is 14.2 Å². The summed E-state index contributed by atoms with van der Waals surface area (Å²) in [6.07, 6.45) is 4.72. The Balaban J connectivity index is 1.40. The first-order valence-corrected chi connectivity index (χ1v) is 10.3. The summed E-state index contributed by atoms with van der Waals surface area (Å²) >= 11 is 0. The zero-order valence-electron chi connectivity index (χ0n) is 16.6. The van der Waals surface area contributed by atoms with E-state index in [9.17, 15) is 14.0 Å². The van der Waals surface area contributed by atoms with Crippen molar-refractivity contribution < 1.29 is 18.7 Å². The number of likely N-dealkylation sites (tertiary alicyclic amines) is 1. The van der Waals surface area contributed by atoms with Gasteiger partial charge in [0.25, 0.3) is 5.91 Å². The molecule has 1 amide bonds. The number of piperidine rings is 1. The van der Waals surface area contributed by atoms with E-state index in [-0.39, 0.29) is 29.5 Å². The molecule has 0 aliphatic carbocycles. The Labute approximate surface area is 169 Å². The minimum Gasteiger partial charge on any atom is -0.466 e. The summed E-state index contributed by atoms with van der Waals surface area (Å²) in [4.78, 5) is 31.1. The van der Waals surface area contributed by atoms with E-state index in [0.717, 1.165) is 24.2 Å². The molecule has 2 aromatic rings. The number of fused-ring (bicyclic) bond motifs is 1. The molecule has 0 unspecified atom stereocenters. The van der Waals surface area contributed by atoms with Crippen LogP contribution in [0.1, 0.15) is 54.0 Å². The average molecular weight is 399 g/mol. The van der Waals surface area contributed by atoms with Gasteiger partial charge in [0.05, 0.1) is 12.5 Å². The van der Waals surface area contributed by atoms with Crippen LogP contribution in [-0.4, -0.2) is 46.0 Å². The number of ether oxygens (including phenoxy) is 1. The molecule has 7 heteroatoms. The molecule has 0 bridgehead atoms. The Bertz CT molecular complexity index is 902. The van der Waals surface area contributed by atoms with Crippen molar-refractivity contribution >= 4 is 11.9 Å². The number of halogens is 1. The third kappa shape index (κ3) is 4.18. The number of carbonyl (C=O) groups is 2. The number of rotatable bonds is 4. The summed E-state index contributed by atoms with van der Waals surface area (Å²) in [5.41, 5.74) is 1.44. The number of hydrogen-bond donors (Lipinski definition) is 0. The molecular weight excluding hydrogens is 373 g/mol. The third-order valence-electron chi connectivity index (χ3n) is 5.93. The number of nitrogens with zero attached hydrogens (tertiary/aromatic N) is 3. The lowest BCUT2D eigenvalue weighted by Crippen LogP contribution is -2.40. The highest BCUT2D eigenvalue weighted by Crippen LogP contribution is 2.29. The Morgan fingerprint density at radius 3 is 2.76 bits per heavy atom. The van der Waals surface area contributed by atoms with E-state index in [0.29, 0.717) is 44.8 Å². The molecule has 29 heavy (non-hydrogen) atoms. The van der Waals surface area contributed by atoms with E-state index in [1.807, 2.05) is 16.8 Å². The predicted octanol–water partition coefficient (Wildman–Crippen LogP) is 3.17. The van der Waals surface area contributed by atoms with Crippen LogP contribution < -0.4 is 0 Å². The quantitative estimate of drug-likeness (QED) is 0.741. The first-order chi connectivity index (χ1) is 14.0. The van der Waals surface area contributed by atoms with Gasteiger partial charge >= 0.3 is 5.97 Å². The average Bonchev–Trinajstić information content (AvgIpc) is 3.17. The lowest BCUT2D eigenvalue weighted by Gasteiger charge is -2.30. The topological polar surface area (TPSA) is 64.4 Å². The minimum atomic E-state index is -0.221. The lowest BCUT2D eigenvalue weighted by atomic mass is 9.91. The number of benzene rings is 1. The molecule has 2 aliphatic heterocycles. The van der Waals surface area contributed by atoms with E-state index < -0.39 is 0 Å². The molecule has 154 valence electrons. The second kappa shape index (κ2) is 8.35. The predicted molar refractivity (Wildman–Crippen MR) is 105 cm³/mol. The Hall–Kier alpha value is -2.70. The summed E-state index contributed by atoms with van der Waals surface area (Å²) in [5.74, 6) is 0.525. The fraction of sp³-hybridized carbons (Fsp3) is 0.500. The van der Waals surface area contributed by atoms with Gasteiger partial charge in [0, 0.05) is 38.2 Å². The van der Waals surface area contributed by atoms with Crippen LogP contribution in [0.2, 0.25) is 0 Å². The van der Waals surface area contributed by atoms with Crippen molar-refractivity contribution in [2.45, 2.75) is 45.1 Å². The van der Waals surface area contributed by atoms with Crippen LogP contribution in [-0.2, 0) is 22.5 Å². The molecule has 0 saturated carbocycles. The first kappa shape index (κ1) is 19.6. The van der Waals surface area contributed by atoms with Crippen LogP contribution in [0.3, 0.4) is 0 Å². The monoisotopic (exact) mass is 399 g/mol. The number of aryl methyl sites for hydroxylation is 1. The van der Waals surface area contributed by atoms with Gasteiger partial charge in [0.1, 0.15) is 17.3 Å². The van der Waals surface area contributed by atoms with Crippen LogP contribution in [0.15, 0.2) is 30.5 Å². The number of carbonyl (C=O) groups excluding carboxylic acids is 2.